The van der Waals surface area contributed by atoms with E-state index in [-0.39, 0.29) is 5.91 Å². The van der Waals surface area contributed by atoms with Crippen molar-refractivity contribution in [2.24, 2.45) is 11.7 Å². The first kappa shape index (κ1) is 11.7. The molecule has 5 heteroatoms. The number of aromatic amines is 1. The molecule has 1 amide bonds. The van der Waals surface area contributed by atoms with E-state index in [2.05, 4.69) is 22.4 Å². The van der Waals surface area contributed by atoms with Gasteiger partial charge < -0.3 is 11.1 Å². The lowest BCUT2D eigenvalue weighted by molar-refractivity contribution is 0.0946. The summed E-state index contributed by atoms with van der Waals surface area (Å²) in [6, 6.07) is 0. The third-order valence-corrected chi connectivity index (χ3v) is 2.46. The minimum absolute atomic E-state index is 0.0841. The van der Waals surface area contributed by atoms with Gasteiger partial charge in [0, 0.05) is 12.7 Å². The highest BCUT2D eigenvalue weighted by Crippen LogP contribution is 2.05. The Hall–Kier alpha value is -1.36. The molecule has 0 radical (unpaired) electrons. The third kappa shape index (κ3) is 3.71. The van der Waals surface area contributed by atoms with Gasteiger partial charge in [-0.25, -0.2) is 0 Å². The van der Waals surface area contributed by atoms with Crippen molar-refractivity contribution in [3.8, 4) is 0 Å². The molecule has 4 N–H and O–H groups in total. The van der Waals surface area contributed by atoms with Crippen molar-refractivity contribution in [2.75, 3.05) is 13.1 Å². The number of carbonyl (C=O) groups excluding carboxylic acids is 1. The zero-order valence-corrected chi connectivity index (χ0v) is 8.99. The fourth-order valence-corrected chi connectivity index (χ4v) is 1.40. The molecule has 84 valence electrons. The first-order valence-electron chi connectivity index (χ1n) is 5.25. The lowest BCUT2D eigenvalue weighted by atomic mass is 10.0. The van der Waals surface area contributed by atoms with Gasteiger partial charge in [0.25, 0.3) is 5.91 Å². The summed E-state index contributed by atoms with van der Waals surface area (Å²) < 4.78 is 0. The van der Waals surface area contributed by atoms with Gasteiger partial charge >= 0.3 is 0 Å². The van der Waals surface area contributed by atoms with Gasteiger partial charge in [-0.1, -0.05) is 13.3 Å². The topological polar surface area (TPSA) is 83.8 Å². The van der Waals surface area contributed by atoms with Crippen LogP contribution < -0.4 is 11.1 Å². The van der Waals surface area contributed by atoms with Gasteiger partial charge in [-0.05, 0) is 18.9 Å². The first-order chi connectivity index (χ1) is 7.27. The van der Waals surface area contributed by atoms with Gasteiger partial charge in [0.05, 0.1) is 11.8 Å². The molecular formula is C10H18N4O. The standard InChI is InChI=1S/C10H18N4O/c1-2-8(3-4-11)5-12-10(15)9-6-13-14-7-9/h6-8H,2-5,11H2,1H3,(H,12,15)(H,13,14). The molecule has 1 atom stereocenters. The molecule has 0 fully saturated rings. The molecule has 0 aliphatic carbocycles. The van der Waals surface area contributed by atoms with E-state index in [1.54, 1.807) is 6.20 Å². The second-order valence-corrected chi connectivity index (χ2v) is 3.55. The normalized spacial score (nSPS) is 12.4. The molecule has 1 unspecified atom stereocenters. The smallest absolute Gasteiger partial charge is 0.254 e. The van der Waals surface area contributed by atoms with E-state index in [1.165, 1.54) is 6.20 Å². The lowest BCUT2D eigenvalue weighted by Gasteiger charge is -2.13. The summed E-state index contributed by atoms with van der Waals surface area (Å²) in [5.41, 5.74) is 6.05. The molecule has 0 saturated heterocycles. The maximum absolute atomic E-state index is 11.5. The zero-order valence-electron chi connectivity index (χ0n) is 8.99. The summed E-state index contributed by atoms with van der Waals surface area (Å²) in [7, 11) is 0. The van der Waals surface area contributed by atoms with Crippen molar-refractivity contribution >= 4 is 5.91 Å². The molecule has 0 aliphatic rings. The van der Waals surface area contributed by atoms with E-state index in [0.29, 0.717) is 24.6 Å². The molecule has 0 aliphatic heterocycles. The Bertz CT molecular complexity index is 284. The Morgan fingerprint density at radius 2 is 2.53 bits per heavy atom. The van der Waals surface area contributed by atoms with Crippen LogP contribution in [0.1, 0.15) is 30.1 Å². The predicted octanol–water partition coefficient (Wildman–Crippen LogP) is 0.515. The number of nitrogens with zero attached hydrogens (tertiary/aromatic N) is 1. The van der Waals surface area contributed by atoms with Crippen LogP contribution >= 0.6 is 0 Å². The number of H-pyrrole nitrogens is 1. The molecule has 1 heterocycles. The van der Waals surface area contributed by atoms with Crippen LogP contribution in [-0.2, 0) is 0 Å². The number of nitrogens with one attached hydrogen (secondary N) is 2. The van der Waals surface area contributed by atoms with E-state index < -0.39 is 0 Å². The zero-order chi connectivity index (χ0) is 11.1. The highest BCUT2D eigenvalue weighted by Gasteiger charge is 2.09. The summed E-state index contributed by atoms with van der Waals surface area (Å²) in [5.74, 6) is 0.380. The minimum atomic E-state index is -0.0841. The van der Waals surface area contributed by atoms with E-state index in [1.807, 2.05) is 0 Å². The number of hydrogen-bond acceptors (Lipinski definition) is 3. The van der Waals surface area contributed by atoms with Crippen molar-refractivity contribution < 1.29 is 4.79 Å². The molecule has 1 rings (SSSR count). The number of hydrogen-bond donors (Lipinski definition) is 3. The molecule has 1 aromatic heterocycles. The van der Waals surface area contributed by atoms with E-state index in [0.717, 1.165) is 12.8 Å². The van der Waals surface area contributed by atoms with Gasteiger partial charge in [0.15, 0.2) is 0 Å². The van der Waals surface area contributed by atoms with Crippen LogP contribution in [0.2, 0.25) is 0 Å². The molecule has 0 spiro atoms. The van der Waals surface area contributed by atoms with Crippen molar-refractivity contribution in [2.45, 2.75) is 19.8 Å². The molecule has 1 aromatic rings. The first-order valence-corrected chi connectivity index (χ1v) is 5.25. The van der Waals surface area contributed by atoms with Crippen molar-refractivity contribution in [1.82, 2.24) is 15.5 Å². The number of aromatic nitrogens is 2. The maximum Gasteiger partial charge on any atom is 0.254 e. The quantitative estimate of drug-likeness (QED) is 0.639. The second kappa shape index (κ2) is 6.19. The number of amides is 1. The Balaban J connectivity index is 2.33. The summed E-state index contributed by atoms with van der Waals surface area (Å²) >= 11 is 0. The molecule has 0 aromatic carbocycles. The van der Waals surface area contributed by atoms with Crippen LogP contribution in [0.4, 0.5) is 0 Å². The number of rotatable bonds is 6. The average molecular weight is 210 g/mol. The van der Waals surface area contributed by atoms with Crippen molar-refractivity contribution in [3.63, 3.8) is 0 Å². The molecule has 0 saturated carbocycles. The van der Waals surface area contributed by atoms with Crippen LogP contribution in [0.3, 0.4) is 0 Å². The second-order valence-electron chi connectivity index (χ2n) is 3.55. The lowest BCUT2D eigenvalue weighted by Crippen LogP contribution is -2.29. The third-order valence-electron chi connectivity index (χ3n) is 2.46. The predicted molar refractivity (Wildman–Crippen MR) is 58.4 cm³/mol. The highest BCUT2D eigenvalue weighted by molar-refractivity contribution is 5.93. The number of nitrogens with two attached hydrogens (primary N) is 1. The Kier molecular flexibility index (Phi) is 4.83. The van der Waals surface area contributed by atoms with Crippen LogP contribution in [0.5, 0.6) is 0 Å². The molecular weight excluding hydrogens is 192 g/mol. The van der Waals surface area contributed by atoms with Crippen LogP contribution in [-0.4, -0.2) is 29.2 Å². The Morgan fingerprint density at radius 1 is 1.73 bits per heavy atom. The van der Waals surface area contributed by atoms with Gasteiger partial charge in [0.1, 0.15) is 0 Å². The van der Waals surface area contributed by atoms with E-state index in [4.69, 9.17) is 5.73 Å². The summed E-state index contributed by atoms with van der Waals surface area (Å²) in [4.78, 5) is 11.5. The van der Waals surface area contributed by atoms with Gasteiger partial charge in [0.2, 0.25) is 0 Å². The highest BCUT2D eigenvalue weighted by atomic mass is 16.1. The van der Waals surface area contributed by atoms with Gasteiger partial charge in [-0.15, -0.1) is 0 Å². The van der Waals surface area contributed by atoms with Crippen molar-refractivity contribution in [3.05, 3.63) is 18.0 Å². The molecule has 0 bridgehead atoms. The largest absolute Gasteiger partial charge is 0.352 e. The minimum Gasteiger partial charge on any atom is -0.352 e. The van der Waals surface area contributed by atoms with Crippen LogP contribution in [0.25, 0.3) is 0 Å². The van der Waals surface area contributed by atoms with Gasteiger partial charge in [-0.2, -0.15) is 5.10 Å². The van der Waals surface area contributed by atoms with E-state index >= 15 is 0 Å². The van der Waals surface area contributed by atoms with E-state index in [9.17, 15) is 4.79 Å². The van der Waals surface area contributed by atoms with Crippen LogP contribution in [0, 0.1) is 5.92 Å². The number of carbonyl (C=O) groups is 1. The fraction of sp³-hybridized carbons (Fsp3) is 0.600. The maximum atomic E-state index is 11.5. The average Bonchev–Trinajstić information content (AvgIpc) is 2.77. The SMILES string of the molecule is CCC(CCN)CNC(=O)c1cn[nH]c1. The summed E-state index contributed by atoms with van der Waals surface area (Å²) in [5, 5.41) is 9.19. The Morgan fingerprint density at radius 3 is 3.07 bits per heavy atom. The molecule has 5 nitrogen and oxygen atoms in total. The molecule has 15 heavy (non-hydrogen) atoms. The Labute approximate surface area is 89.4 Å². The van der Waals surface area contributed by atoms with Crippen LogP contribution in [0.15, 0.2) is 12.4 Å². The fourth-order valence-electron chi connectivity index (χ4n) is 1.40. The summed E-state index contributed by atoms with van der Waals surface area (Å²) in [6.07, 6.45) is 5.07. The monoisotopic (exact) mass is 210 g/mol. The van der Waals surface area contributed by atoms with Gasteiger partial charge in [-0.3, -0.25) is 9.89 Å². The van der Waals surface area contributed by atoms with Crippen molar-refractivity contribution in [1.29, 1.82) is 0 Å². The summed E-state index contributed by atoms with van der Waals surface area (Å²) in [6.45, 7) is 3.45.